The van der Waals surface area contributed by atoms with Crippen LogP contribution in [0.1, 0.15) is 0 Å². The SMILES string of the molecule is Fc1cc[c-]c(-c2ncccc2-c2ccccc2)c1.[Ir].[c-]1ccccc1-c1ccccn1. The van der Waals surface area contributed by atoms with Gasteiger partial charge in [0.1, 0.15) is 0 Å². The van der Waals surface area contributed by atoms with Crippen LogP contribution in [0, 0.1) is 17.9 Å². The number of aromatic nitrogens is 2. The van der Waals surface area contributed by atoms with Gasteiger partial charge < -0.3 is 9.97 Å². The van der Waals surface area contributed by atoms with Crippen LogP contribution < -0.4 is 0 Å². The summed E-state index contributed by atoms with van der Waals surface area (Å²) in [4.78, 5) is 8.59. The summed E-state index contributed by atoms with van der Waals surface area (Å²) in [5.41, 5.74) is 5.46. The maximum absolute atomic E-state index is 13.3. The Morgan fingerprint density at radius 3 is 2.09 bits per heavy atom. The second-order valence-electron chi connectivity index (χ2n) is 6.68. The topological polar surface area (TPSA) is 25.8 Å². The number of hydrogen-bond acceptors (Lipinski definition) is 2. The molecular weight excluding hydrogens is 576 g/mol. The van der Waals surface area contributed by atoms with Gasteiger partial charge in [-0.1, -0.05) is 48.5 Å². The Morgan fingerprint density at radius 1 is 0.625 bits per heavy atom. The van der Waals surface area contributed by atoms with Crippen LogP contribution >= 0.6 is 0 Å². The van der Waals surface area contributed by atoms with Crippen LogP contribution in [0.25, 0.3) is 33.6 Å². The van der Waals surface area contributed by atoms with Gasteiger partial charge in [-0.25, -0.2) is 4.39 Å². The Balaban J connectivity index is 0.000000193. The second kappa shape index (κ2) is 11.8. The average Bonchev–Trinajstić information content (AvgIpc) is 2.86. The van der Waals surface area contributed by atoms with E-state index in [0.717, 1.165) is 28.1 Å². The van der Waals surface area contributed by atoms with E-state index < -0.39 is 0 Å². The molecule has 0 bridgehead atoms. The van der Waals surface area contributed by atoms with E-state index in [9.17, 15) is 4.39 Å². The molecule has 0 aliphatic rings. The van der Waals surface area contributed by atoms with Crippen LogP contribution in [0.15, 0.2) is 116 Å². The van der Waals surface area contributed by atoms with E-state index in [4.69, 9.17) is 0 Å². The van der Waals surface area contributed by atoms with E-state index in [2.05, 4.69) is 22.1 Å². The Kier molecular flexibility index (Phi) is 8.56. The molecule has 1 radical (unpaired) electrons. The Labute approximate surface area is 201 Å². The number of nitrogens with zero attached hydrogens (tertiary/aromatic N) is 2. The standard InChI is InChI=1S/C17H11FN.C11H8N.Ir/c18-15-9-4-8-14(12-15)17-16(10-5-11-19-17)13-6-2-1-3-7-13;1-2-6-10(7-3-1)11-8-4-5-9-12-11;/h1-7,9-12H;1-6,8-9H;/q2*-1;. The van der Waals surface area contributed by atoms with Gasteiger partial charge in [0, 0.05) is 38.3 Å². The van der Waals surface area contributed by atoms with Crippen molar-refractivity contribution in [3.63, 3.8) is 0 Å². The molecular formula is C28H19FIrN2-2. The fraction of sp³-hybridized carbons (Fsp3) is 0. The normalized spacial score (nSPS) is 9.78. The predicted octanol–water partition coefficient (Wildman–Crippen LogP) is 6.90. The summed E-state index contributed by atoms with van der Waals surface area (Å²) in [7, 11) is 0. The molecule has 159 valence electrons. The fourth-order valence-electron chi connectivity index (χ4n) is 3.12. The van der Waals surface area contributed by atoms with Crippen molar-refractivity contribution in [2.45, 2.75) is 0 Å². The minimum atomic E-state index is -0.279. The van der Waals surface area contributed by atoms with Crippen molar-refractivity contribution in [1.82, 2.24) is 9.97 Å². The molecule has 5 aromatic rings. The third-order valence-corrected chi connectivity index (χ3v) is 4.56. The number of pyridine rings is 2. The smallest absolute Gasteiger partial charge is 0.0418 e. The minimum absolute atomic E-state index is 0. The van der Waals surface area contributed by atoms with Gasteiger partial charge in [0.15, 0.2) is 0 Å². The van der Waals surface area contributed by atoms with E-state index in [1.165, 1.54) is 12.1 Å². The molecule has 0 N–H and O–H groups in total. The van der Waals surface area contributed by atoms with Gasteiger partial charge in [0.2, 0.25) is 0 Å². The number of benzene rings is 3. The summed E-state index contributed by atoms with van der Waals surface area (Å²) in [5.74, 6) is -0.279. The molecule has 0 saturated heterocycles. The van der Waals surface area contributed by atoms with Crippen LogP contribution in [0.5, 0.6) is 0 Å². The van der Waals surface area contributed by atoms with Crippen molar-refractivity contribution in [2.24, 2.45) is 0 Å². The van der Waals surface area contributed by atoms with Crippen molar-refractivity contribution in [3.8, 4) is 33.6 Å². The zero-order valence-corrected chi connectivity index (χ0v) is 19.5. The Morgan fingerprint density at radius 2 is 1.38 bits per heavy atom. The summed E-state index contributed by atoms with van der Waals surface area (Å²) in [6.45, 7) is 0. The Bertz CT molecular complexity index is 1190. The van der Waals surface area contributed by atoms with Crippen LogP contribution in [0.2, 0.25) is 0 Å². The first-order chi connectivity index (χ1) is 15.3. The monoisotopic (exact) mass is 595 g/mol. The zero-order valence-electron chi connectivity index (χ0n) is 17.1. The molecule has 0 saturated carbocycles. The van der Waals surface area contributed by atoms with E-state index in [0.29, 0.717) is 5.56 Å². The van der Waals surface area contributed by atoms with Crippen molar-refractivity contribution in [1.29, 1.82) is 0 Å². The maximum atomic E-state index is 13.3. The second-order valence-corrected chi connectivity index (χ2v) is 6.68. The van der Waals surface area contributed by atoms with Crippen LogP contribution in [0.3, 0.4) is 0 Å². The molecule has 3 aromatic carbocycles. The summed E-state index contributed by atoms with van der Waals surface area (Å²) >= 11 is 0. The first-order valence-electron chi connectivity index (χ1n) is 9.87. The van der Waals surface area contributed by atoms with Crippen molar-refractivity contribution in [2.75, 3.05) is 0 Å². The first kappa shape index (κ1) is 23.2. The predicted molar refractivity (Wildman–Crippen MR) is 122 cm³/mol. The van der Waals surface area contributed by atoms with E-state index in [1.54, 1.807) is 18.5 Å². The van der Waals surface area contributed by atoms with Crippen LogP contribution in [0.4, 0.5) is 4.39 Å². The quantitative estimate of drug-likeness (QED) is 0.213. The number of hydrogen-bond donors (Lipinski definition) is 0. The summed E-state index contributed by atoms with van der Waals surface area (Å²) < 4.78 is 13.3. The summed E-state index contributed by atoms with van der Waals surface area (Å²) in [6, 6.07) is 38.1. The first-order valence-corrected chi connectivity index (χ1v) is 9.87. The molecule has 0 spiro atoms. The van der Waals surface area contributed by atoms with Crippen molar-refractivity contribution in [3.05, 3.63) is 133 Å². The third kappa shape index (κ3) is 6.04. The van der Waals surface area contributed by atoms with Gasteiger partial charge in [-0.15, -0.1) is 65.7 Å². The van der Waals surface area contributed by atoms with Gasteiger partial charge in [0.05, 0.1) is 0 Å². The third-order valence-electron chi connectivity index (χ3n) is 4.56. The molecule has 32 heavy (non-hydrogen) atoms. The van der Waals surface area contributed by atoms with E-state index in [1.807, 2.05) is 84.9 Å². The molecule has 2 aromatic heterocycles. The number of rotatable bonds is 3. The van der Waals surface area contributed by atoms with Gasteiger partial charge in [-0.05, 0) is 34.6 Å². The van der Waals surface area contributed by atoms with Crippen LogP contribution in [-0.4, -0.2) is 9.97 Å². The van der Waals surface area contributed by atoms with Crippen LogP contribution in [-0.2, 0) is 20.1 Å². The number of halogens is 1. The Hall–Kier alpha value is -3.46. The van der Waals surface area contributed by atoms with E-state index >= 15 is 0 Å². The largest absolute Gasteiger partial charge is 0.305 e. The van der Waals surface area contributed by atoms with Gasteiger partial charge in [-0.3, -0.25) is 0 Å². The summed E-state index contributed by atoms with van der Waals surface area (Å²) in [6.07, 6.45) is 3.50. The molecule has 5 rings (SSSR count). The van der Waals surface area contributed by atoms with Crippen molar-refractivity contribution < 1.29 is 24.5 Å². The minimum Gasteiger partial charge on any atom is -0.305 e. The molecule has 2 nitrogen and oxygen atoms in total. The molecule has 0 amide bonds. The maximum Gasteiger partial charge on any atom is 0.0418 e. The molecule has 4 heteroatoms. The molecule has 0 atom stereocenters. The van der Waals surface area contributed by atoms with E-state index in [-0.39, 0.29) is 25.9 Å². The van der Waals surface area contributed by atoms with Crippen molar-refractivity contribution >= 4 is 0 Å². The zero-order chi connectivity index (χ0) is 21.3. The molecule has 0 unspecified atom stereocenters. The molecule has 2 heterocycles. The fourth-order valence-corrected chi connectivity index (χ4v) is 3.12. The van der Waals surface area contributed by atoms with Gasteiger partial charge in [0.25, 0.3) is 0 Å². The molecule has 0 aliphatic heterocycles. The molecule has 0 fully saturated rings. The summed E-state index contributed by atoms with van der Waals surface area (Å²) in [5, 5.41) is 0. The van der Waals surface area contributed by atoms with Gasteiger partial charge >= 0.3 is 0 Å². The molecule has 0 aliphatic carbocycles. The van der Waals surface area contributed by atoms with Gasteiger partial charge in [-0.2, -0.15) is 0 Å². The average molecular weight is 595 g/mol.